The number of hydrogen-bond acceptors (Lipinski definition) is 5. The second-order valence-corrected chi connectivity index (χ2v) is 5.00. The summed E-state index contributed by atoms with van der Waals surface area (Å²) >= 11 is 0. The van der Waals surface area contributed by atoms with E-state index in [1.807, 2.05) is 30.5 Å². The van der Waals surface area contributed by atoms with Gasteiger partial charge in [0.25, 0.3) is 0 Å². The average molecular weight is 287 g/mol. The molecule has 0 radical (unpaired) electrons. The molecule has 0 bridgehead atoms. The van der Waals surface area contributed by atoms with Crippen LogP contribution in [-0.2, 0) is 0 Å². The lowest BCUT2D eigenvalue weighted by Crippen LogP contribution is -2.46. The predicted molar refractivity (Wildman–Crippen MR) is 82.9 cm³/mol. The smallest absolute Gasteiger partial charge is 0.140 e. The molecule has 6 heteroatoms. The fraction of sp³-hybridized carbons (Fsp3) is 0.267. The van der Waals surface area contributed by atoms with Crippen molar-refractivity contribution >= 4 is 17.2 Å². The molecule has 1 fully saturated rings. The quantitative estimate of drug-likeness (QED) is 0.666. The molecule has 3 rings (SSSR count). The van der Waals surface area contributed by atoms with Gasteiger partial charge in [0, 0.05) is 31.9 Å². The number of hydrogen-bond donors (Lipinski definition) is 2. The molecular formula is C15H18FN5. The third kappa shape index (κ3) is 3.05. The number of nitrogen functional groups attached to an aromatic ring is 1. The van der Waals surface area contributed by atoms with Gasteiger partial charge in [-0.25, -0.2) is 15.2 Å². The summed E-state index contributed by atoms with van der Waals surface area (Å²) in [5.74, 6) is 5.77. The van der Waals surface area contributed by atoms with Crippen LogP contribution in [0.2, 0.25) is 0 Å². The first-order valence-electron chi connectivity index (χ1n) is 6.94. The monoisotopic (exact) mass is 287 g/mol. The van der Waals surface area contributed by atoms with Gasteiger partial charge >= 0.3 is 0 Å². The van der Waals surface area contributed by atoms with Crippen LogP contribution in [0.15, 0.2) is 42.6 Å². The van der Waals surface area contributed by atoms with Crippen molar-refractivity contribution in [3.63, 3.8) is 0 Å². The normalized spacial score (nSPS) is 15.1. The van der Waals surface area contributed by atoms with Gasteiger partial charge in [0.15, 0.2) is 0 Å². The van der Waals surface area contributed by atoms with E-state index in [0.717, 1.165) is 37.6 Å². The zero-order chi connectivity index (χ0) is 14.7. The number of nitrogens with one attached hydrogen (secondary N) is 1. The Kier molecular flexibility index (Phi) is 3.87. The highest BCUT2D eigenvalue weighted by Gasteiger charge is 2.17. The van der Waals surface area contributed by atoms with Crippen molar-refractivity contribution in [3.05, 3.63) is 48.4 Å². The molecule has 21 heavy (non-hydrogen) atoms. The molecule has 5 nitrogen and oxygen atoms in total. The van der Waals surface area contributed by atoms with Crippen LogP contribution < -0.4 is 21.1 Å². The average Bonchev–Trinajstić information content (AvgIpc) is 2.56. The summed E-state index contributed by atoms with van der Waals surface area (Å²) in [4.78, 5) is 8.77. The van der Waals surface area contributed by atoms with E-state index in [1.54, 1.807) is 0 Å². The van der Waals surface area contributed by atoms with E-state index >= 15 is 0 Å². The topological polar surface area (TPSA) is 57.4 Å². The van der Waals surface area contributed by atoms with E-state index < -0.39 is 0 Å². The number of nitrogens with two attached hydrogens (primary N) is 1. The molecule has 0 saturated carbocycles. The largest absolute Gasteiger partial charge is 0.368 e. The molecule has 0 spiro atoms. The van der Waals surface area contributed by atoms with E-state index in [4.69, 9.17) is 5.84 Å². The van der Waals surface area contributed by atoms with E-state index in [2.05, 4.69) is 20.2 Å². The minimum Gasteiger partial charge on any atom is -0.368 e. The van der Waals surface area contributed by atoms with E-state index in [0.29, 0.717) is 5.82 Å². The number of piperazine rings is 1. The van der Waals surface area contributed by atoms with Crippen LogP contribution in [-0.4, -0.2) is 31.2 Å². The molecule has 0 aliphatic carbocycles. The van der Waals surface area contributed by atoms with Gasteiger partial charge in [-0.1, -0.05) is 0 Å². The Balaban J connectivity index is 1.62. The molecule has 1 aromatic heterocycles. The van der Waals surface area contributed by atoms with Crippen molar-refractivity contribution < 1.29 is 4.39 Å². The third-order valence-corrected chi connectivity index (χ3v) is 3.73. The molecule has 0 unspecified atom stereocenters. The predicted octanol–water partition coefficient (Wildman–Crippen LogP) is 1.83. The van der Waals surface area contributed by atoms with E-state index in [-0.39, 0.29) is 5.82 Å². The van der Waals surface area contributed by atoms with Crippen LogP contribution >= 0.6 is 0 Å². The number of halogens is 1. The van der Waals surface area contributed by atoms with E-state index in [1.165, 1.54) is 12.1 Å². The second kappa shape index (κ2) is 5.97. The number of aromatic nitrogens is 1. The Morgan fingerprint density at radius 3 is 2.00 bits per heavy atom. The lowest BCUT2D eigenvalue weighted by atomic mass is 10.2. The number of pyridine rings is 1. The maximum atomic E-state index is 13.0. The van der Waals surface area contributed by atoms with E-state index in [9.17, 15) is 4.39 Å². The number of benzene rings is 1. The Hall–Kier alpha value is -2.34. The zero-order valence-corrected chi connectivity index (χ0v) is 11.7. The van der Waals surface area contributed by atoms with Gasteiger partial charge in [-0.2, -0.15) is 0 Å². The summed E-state index contributed by atoms with van der Waals surface area (Å²) in [6.45, 7) is 3.63. The van der Waals surface area contributed by atoms with Gasteiger partial charge in [0.2, 0.25) is 0 Å². The SMILES string of the molecule is NNc1ccc(N2CCN(c3ccc(F)cc3)CC2)cn1. The molecule has 110 valence electrons. The van der Waals surface area contributed by atoms with Crippen molar-refractivity contribution in [2.75, 3.05) is 41.4 Å². The van der Waals surface area contributed by atoms with Crippen LogP contribution in [0.3, 0.4) is 0 Å². The number of anilines is 3. The highest BCUT2D eigenvalue weighted by atomic mass is 19.1. The molecule has 1 aliphatic rings. The van der Waals surface area contributed by atoms with Crippen molar-refractivity contribution in [2.45, 2.75) is 0 Å². The Labute approximate surface area is 123 Å². The maximum Gasteiger partial charge on any atom is 0.140 e. The summed E-state index contributed by atoms with van der Waals surface area (Å²) in [7, 11) is 0. The fourth-order valence-corrected chi connectivity index (χ4v) is 2.53. The first-order valence-corrected chi connectivity index (χ1v) is 6.94. The number of hydrazine groups is 1. The second-order valence-electron chi connectivity index (χ2n) is 5.00. The standard InChI is InChI=1S/C15H18FN5/c16-12-1-3-13(4-2-12)20-7-9-21(10-8-20)14-5-6-15(19-17)18-11-14/h1-6,11H,7-10,17H2,(H,18,19). The Morgan fingerprint density at radius 2 is 1.48 bits per heavy atom. The molecule has 3 N–H and O–H groups in total. The lowest BCUT2D eigenvalue weighted by molar-refractivity contribution is 0.624. The van der Waals surface area contributed by atoms with Crippen LogP contribution in [0.25, 0.3) is 0 Å². The van der Waals surface area contributed by atoms with Gasteiger partial charge in [0.1, 0.15) is 11.6 Å². The third-order valence-electron chi connectivity index (χ3n) is 3.73. The van der Waals surface area contributed by atoms with Gasteiger partial charge in [-0.3, -0.25) is 0 Å². The summed E-state index contributed by atoms with van der Waals surface area (Å²) in [6.07, 6.45) is 1.82. The van der Waals surface area contributed by atoms with Gasteiger partial charge in [-0.15, -0.1) is 0 Å². The molecule has 1 saturated heterocycles. The minimum absolute atomic E-state index is 0.197. The number of nitrogens with zero attached hydrogens (tertiary/aromatic N) is 3. The maximum absolute atomic E-state index is 13.0. The highest BCUT2D eigenvalue weighted by molar-refractivity contribution is 5.52. The van der Waals surface area contributed by atoms with Crippen molar-refractivity contribution in [2.24, 2.45) is 5.84 Å². The van der Waals surface area contributed by atoms with Gasteiger partial charge < -0.3 is 15.2 Å². The van der Waals surface area contributed by atoms with Crippen molar-refractivity contribution in [1.82, 2.24) is 4.98 Å². The van der Waals surface area contributed by atoms with Gasteiger partial charge in [-0.05, 0) is 36.4 Å². The fourth-order valence-electron chi connectivity index (χ4n) is 2.53. The summed E-state index contributed by atoms with van der Waals surface area (Å²) < 4.78 is 13.0. The molecule has 0 atom stereocenters. The van der Waals surface area contributed by atoms with Crippen molar-refractivity contribution in [1.29, 1.82) is 0 Å². The van der Waals surface area contributed by atoms with Crippen molar-refractivity contribution in [3.8, 4) is 0 Å². The van der Waals surface area contributed by atoms with Crippen LogP contribution in [0.1, 0.15) is 0 Å². The first-order chi connectivity index (χ1) is 10.3. The van der Waals surface area contributed by atoms with Gasteiger partial charge in [0.05, 0.1) is 11.9 Å². The van der Waals surface area contributed by atoms with Crippen LogP contribution in [0, 0.1) is 5.82 Å². The summed E-state index contributed by atoms with van der Waals surface area (Å²) in [5.41, 5.74) is 4.68. The summed E-state index contributed by atoms with van der Waals surface area (Å²) in [5, 5.41) is 0. The summed E-state index contributed by atoms with van der Waals surface area (Å²) in [6, 6.07) is 10.5. The Bertz CT molecular complexity index is 576. The van der Waals surface area contributed by atoms with Crippen LogP contribution in [0.5, 0.6) is 0 Å². The molecular weight excluding hydrogens is 269 g/mol. The number of rotatable bonds is 3. The first kappa shape index (κ1) is 13.6. The zero-order valence-electron chi connectivity index (χ0n) is 11.7. The van der Waals surface area contributed by atoms with Crippen LogP contribution in [0.4, 0.5) is 21.6 Å². The lowest BCUT2D eigenvalue weighted by Gasteiger charge is -2.37. The molecule has 1 aliphatic heterocycles. The molecule has 2 heterocycles. The highest BCUT2D eigenvalue weighted by Crippen LogP contribution is 2.20. The minimum atomic E-state index is -0.197. The molecule has 2 aromatic rings. The molecule has 0 amide bonds. The molecule has 1 aromatic carbocycles. The Morgan fingerprint density at radius 1 is 0.905 bits per heavy atom.